The number of halogens is 1. The molecule has 0 aromatic heterocycles. The number of anilines is 1. The first-order chi connectivity index (χ1) is 11.9. The average Bonchev–Trinajstić information content (AvgIpc) is 2.59. The molecule has 0 radical (unpaired) electrons. The molecule has 0 saturated heterocycles. The molecule has 0 fully saturated rings. The number of para-hydroxylation sites is 1. The van der Waals surface area contributed by atoms with E-state index in [1.165, 1.54) is 31.4 Å². The number of amides is 1. The van der Waals surface area contributed by atoms with Crippen LogP contribution in [0, 0.1) is 5.82 Å². The van der Waals surface area contributed by atoms with E-state index in [1.807, 2.05) is 6.92 Å². The monoisotopic (exact) mass is 366 g/mol. The first-order valence-electron chi connectivity index (χ1n) is 7.62. The molecule has 6 nitrogen and oxygen atoms in total. The molecule has 2 aromatic rings. The van der Waals surface area contributed by atoms with Gasteiger partial charge in [0.15, 0.2) is 11.6 Å². The van der Waals surface area contributed by atoms with Gasteiger partial charge in [0.25, 0.3) is 15.9 Å². The maximum absolute atomic E-state index is 13.8. The molecule has 0 atom stereocenters. The van der Waals surface area contributed by atoms with Gasteiger partial charge in [-0.3, -0.25) is 9.52 Å². The van der Waals surface area contributed by atoms with Crippen LogP contribution >= 0.6 is 0 Å². The highest BCUT2D eigenvalue weighted by atomic mass is 32.2. The van der Waals surface area contributed by atoms with Gasteiger partial charge in [-0.1, -0.05) is 19.1 Å². The van der Waals surface area contributed by atoms with Crippen LogP contribution in [-0.4, -0.2) is 28.0 Å². The second-order valence-corrected chi connectivity index (χ2v) is 6.89. The van der Waals surface area contributed by atoms with Crippen LogP contribution < -0.4 is 14.8 Å². The normalized spacial score (nSPS) is 11.0. The number of rotatable bonds is 7. The number of benzene rings is 2. The van der Waals surface area contributed by atoms with Gasteiger partial charge in [0.2, 0.25) is 0 Å². The van der Waals surface area contributed by atoms with Crippen molar-refractivity contribution < 1.29 is 22.3 Å². The van der Waals surface area contributed by atoms with Crippen molar-refractivity contribution in [2.24, 2.45) is 0 Å². The minimum absolute atomic E-state index is 0.0571. The number of hydrogen-bond donors (Lipinski definition) is 2. The molecule has 0 aliphatic heterocycles. The number of ether oxygens (including phenoxy) is 1. The molecule has 0 aliphatic rings. The Morgan fingerprint density at radius 2 is 1.92 bits per heavy atom. The predicted molar refractivity (Wildman–Crippen MR) is 92.8 cm³/mol. The van der Waals surface area contributed by atoms with Gasteiger partial charge in [-0.2, -0.15) is 0 Å². The number of sulfonamides is 1. The van der Waals surface area contributed by atoms with E-state index in [0.29, 0.717) is 6.54 Å². The molecular formula is C17H19FN2O4S. The highest BCUT2D eigenvalue weighted by Gasteiger charge is 2.20. The molecule has 2 rings (SSSR count). The molecule has 0 aliphatic carbocycles. The molecule has 134 valence electrons. The van der Waals surface area contributed by atoms with Crippen LogP contribution in [0.1, 0.15) is 23.7 Å². The molecule has 0 spiro atoms. The molecule has 0 heterocycles. The summed E-state index contributed by atoms with van der Waals surface area (Å²) in [6.07, 6.45) is 0.755. The molecular weight excluding hydrogens is 347 g/mol. The lowest BCUT2D eigenvalue weighted by Crippen LogP contribution is -2.25. The summed E-state index contributed by atoms with van der Waals surface area (Å²) < 4.78 is 45.9. The third-order valence-electron chi connectivity index (χ3n) is 3.39. The molecule has 0 unspecified atom stereocenters. The van der Waals surface area contributed by atoms with Crippen LogP contribution in [-0.2, 0) is 10.0 Å². The van der Waals surface area contributed by atoms with Gasteiger partial charge < -0.3 is 10.1 Å². The largest absolute Gasteiger partial charge is 0.494 e. The maximum Gasteiger partial charge on any atom is 0.262 e. The average molecular weight is 366 g/mol. The molecule has 1 amide bonds. The lowest BCUT2D eigenvalue weighted by atomic mass is 10.1. The second kappa shape index (κ2) is 7.98. The van der Waals surface area contributed by atoms with Crippen molar-refractivity contribution in [3.05, 3.63) is 53.8 Å². The Kier molecular flexibility index (Phi) is 5.97. The van der Waals surface area contributed by atoms with E-state index >= 15 is 0 Å². The number of carbonyl (C=O) groups excluding carboxylic acids is 1. The lowest BCUT2D eigenvalue weighted by molar-refractivity contribution is 0.0954. The number of nitrogens with one attached hydrogen (secondary N) is 2. The Hall–Kier alpha value is -2.61. The molecule has 8 heteroatoms. The summed E-state index contributed by atoms with van der Waals surface area (Å²) in [5.74, 6) is -1.24. The molecule has 0 saturated carbocycles. The first-order valence-corrected chi connectivity index (χ1v) is 9.11. The predicted octanol–water partition coefficient (Wildman–Crippen LogP) is 2.77. The van der Waals surface area contributed by atoms with Crippen molar-refractivity contribution in [3.8, 4) is 5.75 Å². The number of methoxy groups -OCH3 is 1. The zero-order valence-corrected chi connectivity index (χ0v) is 14.7. The van der Waals surface area contributed by atoms with Crippen molar-refractivity contribution in [1.82, 2.24) is 5.32 Å². The van der Waals surface area contributed by atoms with Crippen LogP contribution in [0.2, 0.25) is 0 Å². The van der Waals surface area contributed by atoms with E-state index in [0.717, 1.165) is 12.5 Å². The van der Waals surface area contributed by atoms with E-state index in [1.54, 1.807) is 12.1 Å². The second-order valence-electron chi connectivity index (χ2n) is 5.20. The SMILES string of the molecule is CCCNC(=O)c1ccccc1NS(=O)(=O)c1ccc(OC)c(F)c1. The topological polar surface area (TPSA) is 84.5 Å². The van der Waals surface area contributed by atoms with Crippen LogP contribution in [0.3, 0.4) is 0 Å². The lowest BCUT2D eigenvalue weighted by Gasteiger charge is -2.13. The molecule has 0 bridgehead atoms. The molecule has 25 heavy (non-hydrogen) atoms. The summed E-state index contributed by atoms with van der Waals surface area (Å²) in [6, 6.07) is 9.53. The summed E-state index contributed by atoms with van der Waals surface area (Å²) in [7, 11) is -2.78. The Labute approximate surface area is 146 Å². The Morgan fingerprint density at radius 3 is 2.56 bits per heavy atom. The summed E-state index contributed by atoms with van der Waals surface area (Å²) in [5, 5.41) is 2.69. The smallest absolute Gasteiger partial charge is 0.262 e. The van der Waals surface area contributed by atoms with Crippen LogP contribution in [0.4, 0.5) is 10.1 Å². The van der Waals surface area contributed by atoms with Crippen molar-refractivity contribution >= 4 is 21.6 Å². The maximum atomic E-state index is 13.8. The van der Waals surface area contributed by atoms with Gasteiger partial charge in [-0.15, -0.1) is 0 Å². The third-order valence-corrected chi connectivity index (χ3v) is 4.75. The van der Waals surface area contributed by atoms with Gasteiger partial charge >= 0.3 is 0 Å². The summed E-state index contributed by atoms with van der Waals surface area (Å²) >= 11 is 0. The standard InChI is InChI=1S/C17H19FN2O4S/c1-3-10-19-17(21)13-6-4-5-7-15(13)20-25(22,23)12-8-9-16(24-2)14(18)11-12/h4-9,11,20H,3,10H2,1-2H3,(H,19,21). The summed E-state index contributed by atoms with van der Waals surface area (Å²) in [5.41, 5.74) is 0.306. The zero-order chi connectivity index (χ0) is 18.4. The van der Waals surface area contributed by atoms with Crippen LogP contribution in [0.15, 0.2) is 47.4 Å². The zero-order valence-electron chi connectivity index (χ0n) is 13.9. The van der Waals surface area contributed by atoms with Crippen molar-refractivity contribution in [2.75, 3.05) is 18.4 Å². The quantitative estimate of drug-likeness (QED) is 0.789. The highest BCUT2D eigenvalue weighted by molar-refractivity contribution is 7.92. The van der Waals surface area contributed by atoms with Gasteiger partial charge in [0, 0.05) is 6.54 Å². The van der Waals surface area contributed by atoms with Crippen molar-refractivity contribution in [1.29, 1.82) is 0 Å². The summed E-state index contributed by atoms with van der Waals surface area (Å²) in [4.78, 5) is 11.9. The number of hydrogen-bond acceptors (Lipinski definition) is 4. The van der Waals surface area contributed by atoms with Gasteiger partial charge in [0.1, 0.15) is 0 Å². The molecule has 2 N–H and O–H groups in total. The number of carbonyl (C=O) groups is 1. The molecule has 2 aromatic carbocycles. The highest BCUT2D eigenvalue weighted by Crippen LogP contribution is 2.24. The van der Waals surface area contributed by atoms with Gasteiger partial charge in [-0.05, 0) is 36.8 Å². The minimum atomic E-state index is -4.06. The third kappa shape index (κ3) is 4.48. The van der Waals surface area contributed by atoms with E-state index in [-0.39, 0.29) is 27.8 Å². The Balaban J connectivity index is 2.32. The van der Waals surface area contributed by atoms with Crippen LogP contribution in [0.25, 0.3) is 0 Å². The fraction of sp³-hybridized carbons (Fsp3) is 0.235. The van der Waals surface area contributed by atoms with Crippen molar-refractivity contribution in [2.45, 2.75) is 18.2 Å². The first kappa shape index (κ1) is 18.7. The minimum Gasteiger partial charge on any atom is -0.494 e. The van der Waals surface area contributed by atoms with E-state index in [2.05, 4.69) is 10.0 Å². The van der Waals surface area contributed by atoms with Crippen LogP contribution in [0.5, 0.6) is 5.75 Å². The fourth-order valence-electron chi connectivity index (χ4n) is 2.12. The van der Waals surface area contributed by atoms with E-state index in [9.17, 15) is 17.6 Å². The van der Waals surface area contributed by atoms with Crippen molar-refractivity contribution in [3.63, 3.8) is 0 Å². The van der Waals surface area contributed by atoms with E-state index < -0.39 is 15.8 Å². The fourth-order valence-corrected chi connectivity index (χ4v) is 3.21. The summed E-state index contributed by atoms with van der Waals surface area (Å²) in [6.45, 7) is 2.39. The Morgan fingerprint density at radius 1 is 1.20 bits per heavy atom. The van der Waals surface area contributed by atoms with E-state index in [4.69, 9.17) is 4.74 Å². The van der Waals surface area contributed by atoms with Gasteiger partial charge in [-0.25, -0.2) is 12.8 Å². The Bertz CT molecular complexity index is 869. The van der Waals surface area contributed by atoms with Gasteiger partial charge in [0.05, 0.1) is 23.3 Å².